The minimum absolute atomic E-state index is 0.136. The highest BCUT2D eigenvalue weighted by Crippen LogP contribution is 2.28. The smallest absolute Gasteiger partial charge is 0.261 e. The molecule has 25 heavy (non-hydrogen) atoms. The number of hydrogen-bond acceptors (Lipinski definition) is 6. The Morgan fingerprint density at radius 3 is 2.52 bits per heavy atom. The number of nitrogens with one attached hydrogen (secondary N) is 1. The number of rotatable bonds is 5. The molecule has 3 rings (SSSR count). The van der Waals surface area contributed by atoms with Crippen LogP contribution in [0.5, 0.6) is 0 Å². The average molecular weight is 376 g/mol. The van der Waals surface area contributed by atoms with Gasteiger partial charge in [0.2, 0.25) is 9.84 Å². The van der Waals surface area contributed by atoms with Crippen molar-refractivity contribution in [3.05, 3.63) is 64.4 Å². The van der Waals surface area contributed by atoms with Crippen LogP contribution in [0.3, 0.4) is 0 Å². The molecule has 0 atom stereocenters. The maximum atomic E-state index is 12.6. The van der Waals surface area contributed by atoms with Crippen LogP contribution in [0.2, 0.25) is 0 Å². The van der Waals surface area contributed by atoms with Crippen LogP contribution < -0.4 is 5.32 Å². The van der Waals surface area contributed by atoms with Gasteiger partial charge in [0, 0.05) is 6.07 Å². The fourth-order valence-electron chi connectivity index (χ4n) is 2.17. The van der Waals surface area contributed by atoms with E-state index in [2.05, 4.69) is 10.5 Å². The van der Waals surface area contributed by atoms with Crippen molar-refractivity contribution in [3.8, 4) is 0 Å². The van der Waals surface area contributed by atoms with E-state index in [4.69, 9.17) is 4.52 Å². The summed E-state index contributed by atoms with van der Waals surface area (Å²) in [6.45, 7) is 3.87. The van der Waals surface area contributed by atoms with Gasteiger partial charge in [0.1, 0.15) is 4.21 Å². The van der Waals surface area contributed by atoms with Crippen LogP contribution in [0.4, 0.5) is 0 Å². The van der Waals surface area contributed by atoms with Crippen LogP contribution in [0.1, 0.15) is 26.7 Å². The number of benzene rings is 1. The van der Waals surface area contributed by atoms with E-state index in [0.29, 0.717) is 10.6 Å². The second-order valence-electron chi connectivity index (χ2n) is 5.55. The van der Waals surface area contributed by atoms with Gasteiger partial charge in [0.25, 0.3) is 5.91 Å². The number of aromatic nitrogens is 1. The Hall–Kier alpha value is -2.45. The molecule has 3 aromatic rings. The van der Waals surface area contributed by atoms with Crippen molar-refractivity contribution in [3.63, 3.8) is 0 Å². The average Bonchev–Trinajstić information content (AvgIpc) is 3.22. The third-order valence-corrected chi connectivity index (χ3v) is 6.85. The lowest BCUT2D eigenvalue weighted by atomic mass is 10.2. The highest BCUT2D eigenvalue weighted by Gasteiger charge is 2.21. The van der Waals surface area contributed by atoms with Crippen LogP contribution in [0, 0.1) is 13.8 Å². The van der Waals surface area contributed by atoms with Gasteiger partial charge in [-0.25, -0.2) is 8.42 Å². The maximum absolute atomic E-state index is 12.6. The third-order valence-electron chi connectivity index (χ3n) is 3.50. The molecule has 1 amide bonds. The minimum Gasteiger partial charge on any atom is -0.359 e. The lowest BCUT2D eigenvalue weighted by Crippen LogP contribution is -2.21. The molecule has 0 saturated carbocycles. The molecule has 0 bridgehead atoms. The standard InChI is InChI=1S/C17H16N2O4S2/c1-11-3-5-14(6-4-11)25(21,22)16-8-7-15(24-16)17(20)18-10-13-9-12(2)19-23-13/h3-9H,10H2,1-2H3,(H,18,20). The first kappa shape index (κ1) is 17.4. The number of sulfone groups is 1. The first-order valence-corrected chi connectivity index (χ1v) is 9.78. The normalized spacial score (nSPS) is 11.4. The predicted molar refractivity (Wildman–Crippen MR) is 93.4 cm³/mol. The number of aryl methyl sites for hydroxylation is 2. The summed E-state index contributed by atoms with van der Waals surface area (Å²) < 4.78 is 30.4. The van der Waals surface area contributed by atoms with Crippen molar-refractivity contribution in [2.75, 3.05) is 0 Å². The van der Waals surface area contributed by atoms with E-state index in [9.17, 15) is 13.2 Å². The molecular weight excluding hydrogens is 360 g/mol. The van der Waals surface area contributed by atoms with Gasteiger partial charge in [-0.2, -0.15) is 0 Å². The molecule has 0 aliphatic rings. The van der Waals surface area contributed by atoms with Gasteiger partial charge in [-0.1, -0.05) is 22.9 Å². The van der Waals surface area contributed by atoms with E-state index in [1.165, 1.54) is 12.1 Å². The molecule has 1 aromatic carbocycles. The Morgan fingerprint density at radius 1 is 1.16 bits per heavy atom. The monoisotopic (exact) mass is 376 g/mol. The Kier molecular flexibility index (Phi) is 4.73. The summed E-state index contributed by atoms with van der Waals surface area (Å²) in [4.78, 5) is 12.7. The van der Waals surface area contributed by atoms with Gasteiger partial charge in [0.05, 0.1) is 22.0 Å². The first-order chi connectivity index (χ1) is 11.9. The topological polar surface area (TPSA) is 89.3 Å². The van der Waals surface area contributed by atoms with E-state index in [1.54, 1.807) is 37.3 Å². The molecule has 0 radical (unpaired) electrons. The lowest BCUT2D eigenvalue weighted by molar-refractivity contribution is 0.0951. The summed E-state index contributed by atoms with van der Waals surface area (Å²) in [6, 6.07) is 11.3. The van der Waals surface area contributed by atoms with Crippen molar-refractivity contribution >= 4 is 27.1 Å². The SMILES string of the molecule is Cc1ccc(S(=O)(=O)c2ccc(C(=O)NCc3cc(C)no3)s2)cc1. The second kappa shape index (κ2) is 6.81. The molecule has 0 aliphatic heterocycles. The Bertz CT molecular complexity index is 1000. The van der Waals surface area contributed by atoms with Crippen LogP contribution in [0.15, 0.2) is 56.1 Å². The molecule has 2 heterocycles. The number of thiophene rings is 1. The molecule has 130 valence electrons. The van der Waals surface area contributed by atoms with Gasteiger partial charge in [0.15, 0.2) is 5.76 Å². The molecule has 0 unspecified atom stereocenters. The van der Waals surface area contributed by atoms with Crippen molar-refractivity contribution < 1.29 is 17.7 Å². The summed E-state index contributed by atoms with van der Waals surface area (Å²) in [5.74, 6) is 0.180. The largest absolute Gasteiger partial charge is 0.359 e. The molecule has 2 aromatic heterocycles. The van der Waals surface area contributed by atoms with E-state index in [0.717, 1.165) is 22.6 Å². The number of carbonyl (C=O) groups is 1. The molecule has 0 fully saturated rings. The molecule has 0 aliphatic carbocycles. The summed E-state index contributed by atoms with van der Waals surface area (Å²) in [5.41, 5.74) is 1.71. The van der Waals surface area contributed by atoms with Gasteiger partial charge in [-0.3, -0.25) is 4.79 Å². The zero-order valence-electron chi connectivity index (χ0n) is 13.6. The number of hydrogen-bond donors (Lipinski definition) is 1. The van der Waals surface area contributed by atoms with Crippen molar-refractivity contribution in [1.82, 2.24) is 10.5 Å². The quantitative estimate of drug-likeness (QED) is 0.739. The Labute approximate surface area is 149 Å². The molecule has 6 nitrogen and oxygen atoms in total. The third kappa shape index (κ3) is 3.80. The molecule has 8 heteroatoms. The molecular formula is C17H16N2O4S2. The lowest BCUT2D eigenvalue weighted by Gasteiger charge is -2.02. The van der Waals surface area contributed by atoms with Crippen molar-refractivity contribution in [2.45, 2.75) is 29.5 Å². The van der Waals surface area contributed by atoms with E-state index in [1.807, 2.05) is 6.92 Å². The summed E-state index contributed by atoms with van der Waals surface area (Å²) in [6.07, 6.45) is 0. The Morgan fingerprint density at radius 2 is 1.88 bits per heavy atom. The van der Waals surface area contributed by atoms with Gasteiger partial charge in [-0.05, 0) is 38.1 Å². The fraction of sp³-hybridized carbons (Fsp3) is 0.176. The van der Waals surface area contributed by atoms with Gasteiger partial charge in [-0.15, -0.1) is 11.3 Å². The minimum atomic E-state index is -3.62. The number of nitrogens with zero attached hydrogens (tertiary/aromatic N) is 1. The van der Waals surface area contributed by atoms with Gasteiger partial charge < -0.3 is 9.84 Å². The molecule has 1 N–H and O–H groups in total. The van der Waals surface area contributed by atoms with E-state index < -0.39 is 9.84 Å². The van der Waals surface area contributed by atoms with Gasteiger partial charge >= 0.3 is 0 Å². The van der Waals surface area contributed by atoms with Crippen molar-refractivity contribution in [1.29, 1.82) is 0 Å². The zero-order chi connectivity index (χ0) is 18.0. The molecule has 0 saturated heterocycles. The summed E-state index contributed by atoms with van der Waals surface area (Å²) in [5, 5.41) is 6.42. The van der Waals surface area contributed by atoms with Crippen LogP contribution in [-0.4, -0.2) is 19.5 Å². The second-order valence-corrected chi connectivity index (χ2v) is 8.81. The van der Waals surface area contributed by atoms with Crippen LogP contribution in [-0.2, 0) is 16.4 Å². The van der Waals surface area contributed by atoms with E-state index in [-0.39, 0.29) is 21.6 Å². The fourth-order valence-corrected chi connectivity index (χ4v) is 4.80. The highest BCUT2D eigenvalue weighted by atomic mass is 32.2. The first-order valence-electron chi connectivity index (χ1n) is 7.48. The zero-order valence-corrected chi connectivity index (χ0v) is 15.3. The molecule has 0 spiro atoms. The van der Waals surface area contributed by atoms with E-state index >= 15 is 0 Å². The van der Waals surface area contributed by atoms with Crippen LogP contribution >= 0.6 is 11.3 Å². The highest BCUT2D eigenvalue weighted by molar-refractivity contribution is 7.93. The van der Waals surface area contributed by atoms with Crippen molar-refractivity contribution in [2.24, 2.45) is 0 Å². The number of carbonyl (C=O) groups excluding carboxylic acids is 1. The summed E-state index contributed by atoms with van der Waals surface area (Å²) >= 11 is 0.941. The number of amides is 1. The summed E-state index contributed by atoms with van der Waals surface area (Å²) in [7, 11) is -3.62. The van der Waals surface area contributed by atoms with Crippen LogP contribution in [0.25, 0.3) is 0 Å². The predicted octanol–water partition coefficient (Wildman–Crippen LogP) is 3.12. The maximum Gasteiger partial charge on any atom is 0.261 e. The Balaban J connectivity index is 1.75.